The predicted molar refractivity (Wildman–Crippen MR) is 520 cm³/mol. The number of quaternary nitrogens is 1. The van der Waals surface area contributed by atoms with E-state index in [9.17, 15) is 15.3 Å². The van der Waals surface area contributed by atoms with Crippen LogP contribution in [0, 0.1) is 0 Å². The van der Waals surface area contributed by atoms with Crippen LogP contribution < -0.4 is 15.3 Å². The smallest absolute Gasteiger partial charge is 0.514 e. The van der Waals surface area contributed by atoms with Crippen molar-refractivity contribution < 1.29 is 53.5 Å². The minimum Gasteiger partial charge on any atom is -0.870 e. The number of benzene rings is 11. The van der Waals surface area contributed by atoms with E-state index in [4.69, 9.17) is 14.5 Å². The highest BCUT2D eigenvalue weighted by molar-refractivity contribution is 7.97. The number of unbranched alkanes of at least 4 members (excludes halogenated alkanes) is 4. The van der Waals surface area contributed by atoms with Crippen LogP contribution in [-0.4, -0.2) is 57.9 Å². The molecular weight excluding hydrogens is 1630 g/mol. The highest BCUT2D eigenvalue weighted by Crippen LogP contribution is 2.42. The number of carbonyl (C=O) groups excluding carboxylic acids is 1. The summed E-state index contributed by atoms with van der Waals surface area (Å²) in [4.78, 5) is 30.0. The fraction of sp³-hybridized carbons (Fsp3) is 0.352. The van der Waals surface area contributed by atoms with Crippen molar-refractivity contribution in [3.63, 3.8) is 0 Å². The maximum absolute atomic E-state index is 11.8. The molecule has 0 amide bonds. The molecule has 0 aliphatic carbocycles. The van der Waals surface area contributed by atoms with Gasteiger partial charge < -0.3 is 34.9 Å². The van der Waals surface area contributed by atoms with E-state index in [2.05, 4.69) is 335 Å². The molecular formula is C108H137N3O10S4. The molecule has 11 aromatic carbocycles. The minimum atomic E-state index is -0.694. The second-order valence-electron chi connectivity index (χ2n) is 33.7. The summed E-state index contributed by atoms with van der Waals surface area (Å²) in [5.74, 6) is 3.79. The Kier molecular flexibility index (Phi) is 47.1. The van der Waals surface area contributed by atoms with Crippen LogP contribution in [0.1, 0.15) is 252 Å². The molecule has 2 N–H and O–H groups in total. The van der Waals surface area contributed by atoms with Gasteiger partial charge in [-0.05, 0) is 200 Å². The van der Waals surface area contributed by atoms with Gasteiger partial charge in [0.15, 0.2) is 29.4 Å². The van der Waals surface area contributed by atoms with E-state index in [1.165, 1.54) is 140 Å². The standard InChI is InChI=1S/C23H23O3S.C21H16N2.C18H15S.C16H36N.2C15H24O3S.H2O/c1-23(2,3)26-22(24)25-18-14-16-21(17-15-18)27(19-10-6-4-7-11-19)20-12-8-5-9-13-20;1-4-10-16(11-5-1)19-20(17-12-6-2-7-13-17)23-21(22-19)18-14-8-3-9-15-18;1-4-10-16(11-5-1)19(17-12-6-2-7-13-17)18-14-8-3-9-15-18;1-5-9-13-17(14-10-6-2,15-11-7-3)16-12-8-4;2*1-9(2)12-7-13(10(3)4)15(19-18-17-16)14(8-12)11(5)6;/h4-17H,1-3H3;1-15H,(H,22,23);1-15H;5-16H2,1-4H3;2*7-11,16H,1-6H3;1H2/q+1;;2*+1;;;/p-3. The van der Waals surface area contributed by atoms with Crippen molar-refractivity contribution in [1.29, 1.82) is 0 Å². The Bertz CT molecular complexity index is 4540. The van der Waals surface area contributed by atoms with Crippen molar-refractivity contribution in [2.24, 2.45) is 0 Å². The first-order chi connectivity index (χ1) is 59.8. The molecule has 0 saturated carbocycles. The molecule has 0 atom stereocenters. The molecule has 0 bridgehead atoms. The van der Waals surface area contributed by atoms with Crippen molar-refractivity contribution in [3.8, 4) is 39.7 Å². The lowest BCUT2D eigenvalue weighted by Crippen LogP contribution is -2.50. The van der Waals surface area contributed by atoms with Gasteiger partial charge in [-0.25, -0.2) is 9.78 Å². The Morgan fingerprint density at radius 1 is 0.384 bits per heavy atom. The molecule has 0 aliphatic rings. The van der Waals surface area contributed by atoms with Gasteiger partial charge in [0.25, 0.3) is 0 Å². The third kappa shape index (κ3) is 34.6. The SMILES string of the molecule is CC(C)(C)OC(=O)Oc1ccc([S+](c2ccccc2)c2ccccc2)cc1.CC(C)c1cc(C(C)C)c(SOO[O-])c(C(C)C)c1.CC(C)c1cc(C(C)C)c(SOO[O-])c(C(C)C)c1.CCCC[N+](CCCC)(CCCC)CCCC.[OH-].c1ccc(-c2nc(-c3ccccc3)c(-c3ccccc3)[nH]2)cc1.c1ccc([S+](c2ccccc2)c2ccccc2)cc1. The summed E-state index contributed by atoms with van der Waals surface area (Å²) in [5.41, 5.74) is 12.3. The molecule has 0 fully saturated rings. The van der Waals surface area contributed by atoms with Crippen LogP contribution in [0.25, 0.3) is 33.9 Å². The summed E-state index contributed by atoms with van der Waals surface area (Å²) in [6.07, 6.45) is 10.4. The monoisotopic (exact) mass is 1760 g/mol. The number of nitrogens with one attached hydrogen (secondary N) is 1. The quantitative estimate of drug-likeness (QED) is 0.00767. The molecule has 13 nitrogen and oxygen atoms in total. The lowest BCUT2D eigenvalue weighted by molar-refractivity contribution is -0.929. The molecule has 12 aromatic rings. The fourth-order valence-electron chi connectivity index (χ4n) is 14.0. The van der Waals surface area contributed by atoms with Crippen LogP contribution in [0.2, 0.25) is 0 Å². The van der Waals surface area contributed by atoms with E-state index in [0.717, 1.165) is 72.7 Å². The highest BCUT2D eigenvalue weighted by Gasteiger charge is 2.31. The Balaban J connectivity index is 0.000000233. The van der Waals surface area contributed by atoms with Crippen LogP contribution in [-0.2, 0) is 45.3 Å². The first-order valence-corrected chi connectivity index (χ1v) is 48.2. The summed E-state index contributed by atoms with van der Waals surface area (Å²) < 4.78 is 21.0. The molecule has 17 heteroatoms. The molecule has 1 aromatic heterocycles. The number of imidazole rings is 1. The molecule has 0 unspecified atom stereocenters. The van der Waals surface area contributed by atoms with Gasteiger partial charge in [-0.15, -0.1) is 0 Å². The van der Waals surface area contributed by atoms with Crippen molar-refractivity contribution in [3.05, 3.63) is 325 Å². The van der Waals surface area contributed by atoms with Gasteiger partial charge in [0, 0.05) is 26.5 Å². The maximum Gasteiger partial charge on any atom is 0.514 e. The number of aromatic nitrogens is 2. The largest absolute Gasteiger partial charge is 0.870 e. The van der Waals surface area contributed by atoms with Crippen LogP contribution >= 0.6 is 24.1 Å². The van der Waals surface area contributed by atoms with E-state index in [1.54, 1.807) is 0 Å². The van der Waals surface area contributed by atoms with Crippen LogP contribution in [0.3, 0.4) is 0 Å². The summed E-state index contributed by atoms with van der Waals surface area (Å²) in [5, 5.41) is 27.2. The molecule has 1 heterocycles. The Morgan fingerprint density at radius 2 is 0.656 bits per heavy atom. The maximum atomic E-state index is 11.8. The first kappa shape index (κ1) is 105. The molecule has 0 spiro atoms. The van der Waals surface area contributed by atoms with Gasteiger partial charge in [-0.1, -0.05) is 343 Å². The number of aromatic amines is 1. The Morgan fingerprint density at radius 3 is 0.920 bits per heavy atom. The van der Waals surface area contributed by atoms with Gasteiger partial charge in [-0.2, -0.15) is 8.67 Å². The predicted octanol–water partition coefficient (Wildman–Crippen LogP) is 29.7. The number of carbonyl (C=O) groups is 1. The summed E-state index contributed by atoms with van der Waals surface area (Å²) >= 11 is 2.03. The third-order valence-electron chi connectivity index (χ3n) is 20.8. The Hall–Kier alpha value is -9.02. The van der Waals surface area contributed by atoms with Crippen molar-refractivity contribution in [2.75, 3.05) is 26.2 Å². The van der Waals surface area contributed by atoms with Crippen molar-refractivity contribution in [2.45, 2.75) is 263 Å². The van der Waals surface area contributed by atoms with Gasteiger partial charge in [0.1, 0.15) is 17.2 Å². The fourth-order valence-corrected chi connectivity index (χ4v) is 20.0. The molecule has 0 saturated heterocycles. The number of H-pyrrole nitrogens is 1. The van der Waals surface area contributed by atoms with Crippen LogP contribution in [0.15, 0.2) is 330 Å². The van der Waals surface area contributed by atoms with Crippen LogP contribution in [0.5, 0.6) is 5.75 Å². The molecule has 0 aliphatic heterocycles. The number of hydrogen-bond donors (Lipinski definition) is 1. The minimum absolute atomic E-state index is 0. The Labute approximate surface area is 763 Å². The summed E-state index contributed by atoms with van der Waals surface area (Å²) in [7, 11) is -0.238. The van der Waals surface area contributed by atoms with Crippen molar-refractivity contribution in [1.82, 2.24) is 9.97 Å². The lowest BCUT2D eigenvalue weighted by Gasteiger charge is -2.39. The first-order valence-electron chi connectivity index (χ1n) is 44.3. The zero-order valence-corrected chi connectivity index (χ0v) is 80.6. The molecule has 0 radical (unpaired) electrons. The normalized spacial score (nSPS) is 11.2. The number of hydrogen-bond acceptors (Lipinski definition) is 13. The zero-order chi connectivity index (χ0) is 89.8. The molecule has 12 rings (SSSR count). The van der Waals surface area contributed by atoms with Crippen molar-refractivity contribution >= 4 is 52.0 Å². The number of rotatable bonds is 34. The van der Waals surface area contributed by atoms with E-state index in [1.807, 2.05) is 112 Å². The van der Waals surface area contributed by atoms with Gasteiger partial charge >= 0.3 is 6.16 Å². The van der Waals surface area contributed by atoms with E-state index >= 15 is 0 Å². The molecule has 668 valence electrons. The van der Waals surface area contributed by atoms with Gasteiger partial charge in [0.05, 0.1) is 83.4 Å². The highest BCUT2D eigenvalue weighted by atomic mass is 32.2. The number of nitrogens with zero attached hydrogens (tertiary/aromatic N) is 2. The van der Waals surface area contributed by atoms with E-state index in [-0.39, 0.29) is 27.3 Å². The second kappa shape index (κ2) is 56.2. The molecule has 125 heavy (non-hydrogen) atoms. The third-order valence-corrected chi connectivity index (χ3v) is 26.8. The summed E-state index contributed by atoms with van der Waals surface area (Å²) in [6, 6.07) is 100. The van der Waals surface area contributed by atoms with Gasteiger partial charge in [-0.3, -0.25) is 10.1 Å². The number of ether oxygens (including phenoxy) is 2. The summed E-state index contributed by atoms with van der Waals surface area (Å²) in [6.45, 7) is 46.4. The zero-order valence-electron chi connectivity index (χ0n) is 77.3. The second-order valence-corrected chi connectivity index (χ2v) is 39.2. The topological polar surface area (TPSA) is 177 Å². The van der Waals surface area contributed by atoms with Gasteiger partial charge in [0.2, 0.25) is 0 Å². The average Bonchev–Trinajstić information content (AvgIpc) is 1.69. The van der Waals surface area contributed by atoms with E-state index in [0.29, 0.717) is 41.3 Å². The average molecular weight is 1770 g/mol. The van der Waals surface area contributed by atoms with Crippen LogP contribution in [0.4, 0.5) is 4.79 Å². The lowest BCUT2D eigenvalue weighted by atomic mass is 9.89. The van der Waals surface area contributed by atoms with E-state index < -0.39 is 11.8 Å².